The molecule has 1 aromatic rings. The zero-order valence-electron chi connectivity index (χ0n) is 9.73. The Bertz CT molecular complexity index is 386. The Kier molecular flexibility index (Phi) is 3.19. The molecule has 1 aliphatic heterocycles. The van der Waals surface area contributed by atoms with E-state index in [-0.39, 0.29) is 11.9 Å². The van der Waals surface area contributed by atoms with Gasteiger partial charge >= 0.3 is 0 Å². The van der Waals surface area contributed by atoms with E-state index in [0.29, 0.717) is 5.69 Å². The highest BCUT2D eigenvalue weighted by Crippen LogP contribution is 2.06. The van der Waals surface area contributed by atoms with Crippen LogP contribution in [0.5, 0.6) is 0 Å². The van der Waals surface area contributed by atoms with Crippen molar-refractivity contribution in [2.75, 3.05) is 20.1 Å². The minimum absolute atomic E-state index is 0.0617. The van der Waals surface area contributed by atoms with Crippen LogP contribution >= 0.6 is 0 Å². The molecule has 1 amide bonds. The first-order valence-electron chi connectivity index (χ1n) is 5.63. The summed E-state index contributed by atoms with van der Waals surface area (Å²) in [6, 6.07) is 4.08. The Morgan fingerprint density at radius 1 is 1.62 bits per heavy atom. The highest BCUT2D eigenvalue weighted by molar-refractivity contribution is 5.92. The summed E-state index contributed by atoms with van der Waals surface area (Å²) in [6.07, 6.45) is 2.62. The minimum Gasteiger partial charge on any atom is -0.345 e. The second-order valence-corrected chi connectivity index (χ2v) is 4.29. The van der Waals surface area contributed by atoms with E-state index in [1.807, 2.05) is 19.2 Å². The van der Waals surface area contributed by atoms with Gasteiger partial charge in [0.25, 0.3) is 5.91 Å². The van der Waals surface area contributed by atoms with E-state index >= 15 is 0 Å². The summed E-state index contributed by atoms with van der Waals surface area (Å²) in [5, 5.41) is 2.97. The van der Waals surface area contributed by atoms with Crippen LogP contribution in [0, 0.1) is 0 Å². The molecular weight excluding hydrogens is 202 g/mol. The molecule has 0 bridgehead atoms. The van der Waals surface area contributed by atoms with Crippen LogP contribution in [0.25, 0.3) is 0 Å². The van der Waals surface area contributed by atoms with E-state index in [1.54, 1.807) is 6.20 Å². The fourth-order valence-electron chi connectivity index (χ4n) is 1.87. The van der Waals surface area contributed by atoms with Gasteiger partial charge in [-0.25, -0.2) is 0 Å². The van der Waals surface area contributed by atoms with E-state index in [4.69, 9.17) is 0 Å². The molecule has 4 nitrogen and oxygen atoms in total. The Balaban J connectivity index is 1.97. The second kappa shape index (κ2) is 4.61. The van der Waals surface area contributed by atoms with Crippen molar-refractivity contribution in [2.45, 2.75) is 19.4 Å². The van der Waals surface area contributed by atoms with Crippen molar-refractivity contribution in [3.8, 4) is 0 Å². The molecule has 1 aromatic heterocycles. The first-order chi connectivity index (χ1) is 7.69. The van der Waals surface area contributed by atoms with E-state index in [1.165, 1.54) is 0 Å². The number of aryl methyl sites for hydroxylation is 1. The predicted molar refractivity (Wildman–Crippen MR) is 62.4 cm³/mol. The van der Waals surface area contributed by atoms with Gasteiger partial charge in [-0.1, -0.05) is 6.92 Å². The van der Waals surface area contributed by atoms with Crippen molar-refractivity contribution in [1.29, 1.82) is 0 Å². The predicted octanol–water partition coefficient (Wildman–Crippen LogP) is 0.688. The zero-order valence-corrected chi connectivity index (χ0v) is 9.73. The minimum atomic E-state index is -0.0617. The standard InChI is InChI=1S/C12H17N3O/c1-3-9-4-5-13-11(6-9)12(16)14-10-7-15(2)8-10/h4-6,10H,3,7-8H2,1-2H3,(H,14,16). The molecule has 0 radical (unpaired) electrons. The monoisotopic (exact) mass is 219 g/mol. The molecule has 16 heavy (non-hydrogen) atoms. The van der Waals surface area contributed by atoms with Gasteiger partial charge in [-0.15, -0.1) is 0 Å². The summed E-state index contributed by atoms with van der Waals surface area (Å²) >= 11 is 0. The van der Waals surface area contributed by atoms with Gasteiger partial charge in [0.2, 0.25) is 0 Å². The van der Waals surface area contributed by atoms with E-state index in [2.05, 4.69) is 22.1 Å². The molecule has 0 aromatic carbocycles. The average molecular weight is 219 g/mol. The molecule has 0 unspecified atom stereocenters. The number of likely N-dealkylation sites (N-methyl/N-ethyl adjacent to an activating group) is 1. The molecular formula is C12H17N3O. The SMILES string of the molecule is CCc1ccnc(C(=O)NC2CN(C)C2)c1. The van der Waals surface area contributed by atoms with Gasteiger partial charge in [-0.2, -0.15) is 0 Å². The number of nitrogens with zero attached hydrogens (tertiary/aromatic N) is 2. The van der Waals surface area contributed by atoms with Crippen LogP contribution in [0.1, 0.15) is 23.0 Å². The van der Waals surface area contributed by atoms with Gasteiger partial charge in [-0.05, 0) is 31.2 Å². The summed E-state index contributed by atoms with van der Waals surface area (Å²) < 4.78 is 0. The van der Waals surface area contributed by atoms with Crippen LogP contribution in [0.2, 0.25) is 0 Å². The maximum atomic E-state index is 11.8. The molecule has 0 atom stereocenters. The van der Waals surface area contributed by atoms with Gasteiger partial charge in [0, 0.05) is 19.3 Å². The van der Waals surface area contributed by atoms with E-state index < -0.39 is 0 Å². The van der Waals surface area contributed by atoms with Gasteiger partial charge < -0.3 is 10.2 Å². The normalized spacial score (nSPS) is 16.9. The number of nitrogens with one attached hydrogen (secondary N) is 1. The van der Waals surface area contributed by atoms with Crippen LogP contribution in [0.4, 0.5) is 0 Å². The van der Waals surface area contributed by atoms with Crippen LogP contribution < -0.4 is 5.32 Å². The lowest BCUT2D eigenvalue weighted by Gasteiger charge is -2.36. The molecule has 1 saturated heterocycles. The lowest BCUT2D eigenvalue weighted by molar-refractivity contribution is 0.0852. The van der Waals surface area contributed by atoms with Crippen LogP contribution in [0.3, 0.4) is 0 Å². The number of hydrogen-bond donors (Lipinski definition) is 1. The van der Waals surface area contributed by atoms with E-state index in [0.717, 1.165) is 25.1 Å². The number of pyridine rings is 1. The number of carbonyl (C=O) groups excluding carboxylic acids is 1. The Morgan fingerprint density at radius 3 is 3.00 bits per heavy atom. The van der Waals surface area contributed by atoms with Crippen molar-refractivity contribution in [3.05, 3.63) is 29.6 Å². The first-order valence-corrected chi connectivity index (χ1v) is 5.63. The van der Waals surface area contributed by atoms with Crippen molar-refractivity contribution >= 4 is 5.91 Å². The smallest absolute Gasteiger partial charge is 0.270 e. The zero-order chi connectivity index (χ0) is 11.5. The topological polar surface area (TPSA) is 45.2 Å². The number of hydrogen-bond acceptors (Lipinski definition) is 3. The van der Waals surface area contributed by atoms with E-state index in [9.17, 15) is 4.79 Å². The largest absolute Gasteiger partial charge is 0.345 e. The molecule has 0 saturated carbocycles. The molecule has 1 fully saturated rings. The van der Waals surface area contributed by atoms with Gasteiger partial charge in [0.15, 0.2) is 0 Å². The third-order valence-corrected chi connectivity index (χ3v) is 2.86. The molecule has 0 spiro atoms. The summed E-state index contributed by atoms with van der Waals surface area (Å²) in [5.41, 5.74) is 1.67. The van der Waals surface area contributed by atoms with Crippen molar-refractivity contribution in [3.63, 3.8) is 0 Å². The summed E-state index contributed by atoms with van der Waals surface area (Å²) in [5.74, 6) is -0.0617. The maximum absolute atomic E-state index is 11.8. The second-order valence-electron chi connectivity index (χ2n) is 4.29. The number of aromatic nitrogens is 1. The summed E-state index contributed by atoms with van der Waals surface area (Å²) in [4.78, 5) is 18.1. The van der Waals surface area contributed by atoms with Gasteiger partial charge in [0.05, 0.1) is 6.04 Å². The number of amides is 1. The van der Waals surface area contributed by atoms with Crippen molar-refractivity contribution in [1.82, 2.24) is 15.2 Å². The highest BCUT2D eigenvalue weighted by Gasteiger charge is 2.25. The number of rotatable bonds is 3. The fourth-order valence-corrected chi connectivity index (χ4v) is 1.87. The Hall–Kier alpha value is -1.42. The summed E-state index contributed by atoms with van der Waals surface area (Å²) in [6.45, 7) is 3.93. The average Bonchev–Trinajstić information content (AvgIpc) is 2.27. The molecule has 2 rings (SSSR count). The lowest BCUT2D eigenvalue weighted by atomic mass is 10.1. The number of likely N-dealkylation sites (tertiary alicyclic amines) is 1. The van der Waals surface area contributed by atoms with Gasteiger partial charge in [0.1, 0.15) is 5.69 Å². The van der Waals surface area contributed by atoms with Crippen LogP contribution in [-0.2, 0) is 6.42 Å². The van der Waals surface area contributed by atoms with Crippen molar-refractivity contribution < 1.29 is 4.79 Å². The third-order valence-electron chi connectivity index (χ3n) is 2.86. The fraction of sp³-hybridized carbons (Fsp3) is 0.500. The Labute approximate surface area is 95.7 Å². The molecule has 1 aliphatic rings. The third kappa shape index (κ3) is 2.39. The quantitative estimate of drug-likeness (QED) is 0.813. The van der Waals surface area contributed by atoms with Crippen LogP contribution in [0.15, 0.2) is 18.3 Å². The van der Waals surface area contributed by atoms with Gasteiger partial charge in [-0.3, -0.25) is 9.78 Å². The van der Waals surface area contributed by atoms with Crippen molar-refractivity contribution in [2.24, 2.45) is 0 Å². The molecule has 86 valence electrons. The molecule has 2 heterocycles. The molecule has 4 heteroatoms. The number of carbonyl (C=O) groups is 1. The first kappa shape index (κ1) is 11.1. The highest BCUT2D eigenvalue weighted by atomic mass is 16.2. The summed E-state index contributed by atoms with van der Waals surface area (Å²) in [7, 11) is 2.04. The lowest BCUT2D eigenvalue weighted by Crippen LogP contribution is -2.57. The van der Waals surface area contributed by atoms with Crippen LogP contribution in [-0.4, -0.2) is 42.0 Å². The Morgan fingerprint density at radius 2 is 2.38 bits per heavy atom. The maximum Gasteiger partial charge on any atom is 0.270 e. The molecule has 1 N–H and O–H groups in total. The molecule has 0 aliphatic carbocycles.